The number of ether oxygens (including phenoxy) is 1. The van der Waals surface area contributed by atoms with Gasteiger partial charge >= 0.3 is 0 Å². The van der Waals surface area contributed by atoms with Crippen LogP contribution in [0.15, 0.2) is 42.6 Å². The largest absolute Gasteiger partial charge is 0.481 e. The van der Waals surface area contributed by atoms with Crippen molar-refractivity contribution in [2.75, 3.05) is 7.11 Å². The van der Waals surface area contributed by atoms with Crippen LogP contribution in [0.5, 0.6) is 5.88 Å². The fourth-order valence-electron chi connectivity index (χ4n) is 2.29. The molecule has 0 spiro atoms. The van der Waals surface area contributed by atoms with Gasteiger partial charge in [-0.05, 0) is 30.0 Å². The summed E-state index contributed by atoms with van der Waals surface area (Å²) in [6, 6.07) is 13.1. The molecule has 0 radical (unpaired) electrons. The zero-order valence-corrected chi connectivity index (χ0v) is 13.1. The summed E-state index contributed by atoms with van der Waals surface area (Å²) in [6.07, 6.45) is 4.19. The first-order chi connectivity index (χ1) is 10.2. The molecule has 1 N–H and O–H groups in total. The molecule has 1 atom stereocenters. The summed E-state index contributed by atoms with van der Waals surface area (Å²) in [6.45, 7) is 5.20. The van der Waals surface area contributed by atoms with Gasteiger partial charge in [-0.2, -0.15) is 0 Å². The molecule has 1 aromatic carbocycles. The van der Waals surface area contributed by atoms with Crippen molar-refractivity contribution in [3.8, 4) is 5.88 Å². The molecule has 0 fully saturated rings. The molecule has 112 valence electrons. The van der Waals surface area contributed by atoms with Gasteiger partial charge in [0.2, 0.25) is 5.88 Å². The van der Waals surface area contributed by atoms with Gasteiger partial charge in [-0.3, -0.25) is 0 Å². The average molecular weight is 284 g/mol. The van der Waals surface area contributed by atoms with Crippen LogP contribution in [0, 0.1) is 0 Å². The Hall–Kier alpha value is -1.87. The molecule has 3 nitrogen and oxygen atoms in total. The first-order valence-corrected chi connectivity index (χ1v) is 7.54. The van der Waals surface area contributed by atoms with Crippen LogP contribution in [0.2, 0.25) is 0 Å². The number of methoxy groups -OCH3 is 1. The van der Waals surface area contributed by atoms with E-state index < -0.39 is 0 Å². The third-order valence-corrected chi connectivity index (χ3v) is 3.64. The number of aromatic nitrogens is 1. The second-order valence-electron chi connectivity index (χ2n) is 5.30. The van der Waals surface area contributed by atoms with E-state index in [0.717, 1.165) is 18.5 Å². The van der Waals surface area contributed by atoms with Crippen LogP contribution >= 0.6 is 0 Å². The van der Waals surface area contributed by atoms with Gasteiger partial charge in [-0.25, -0.2) is 4.98 Å². The summed E-state index contributed by atoms with van der Waals surface area (Å²) in [5.41, 5.74) is 3.88. The summed E-state index contributed by atoms with van der Waals surface area (Å²) in [5, 5.41) is 3.52. The van der Waals surface area contributed by atoms with Crippen molar-refractivity contribution >= 4 is 0 Å². The predicted molar refractivity (Wildman–Crippen MR) is 86.5 cm³/mol. The van der Waals surface area contributed by atoms with Crippen molar-refractivity contribution in [1.29, 1.82) is 0 Å². The highest BCUT2D eigenvalue weighted by Crippen LogP contribution is 2.15. The zero-order valence-electron chi connectivity index (χ0n) is 13.1. The van der Waals surface area contributed by atoms with E-state index in [9.17, 15) is 0 Å². The van der Waals surface area contributed by atoms with Crippen LogP contribution < -0.4 is 10.1 Å². The maximum Gasteiger partial charge on any atom is 0.212 e. The minimum Gasteiger partial charge on any atom is -0.481 e. The molecule has 3 heteroatoms. The molecule has 0 saturated carbocycles. The SMILES string of the molecule is CCCc1ccc(C(C)NCc2ccc(OC)nc2)cc1. The van der Waals surface area contributed by atoms with Crippen LogP contribution in [0.4, 0.5) is 0 Å². The number of nitrogens with one attached hydrogen (secondary N) is 1. The lowest BCUT2D eigenvalue weighted by Gasteiger charge is -2.15. The topological polar surface area (TPSA) is 34.1 Å². The minimum atomic E-state index is 0.322. The number of hydrogen-bond donors (Lipinski definition) is 1. The summed E-state index contributed by atoms with van der Waals surface area (Å²) >= 11 is 0. The molecule has 2 aromatic rings. The second-order valence-corrected chi connectivity index (χ2v) is 5.30. The molecular formula is C18H24N2O. The number of pyridine rings is 1. The number of rotatable bonds is 7. The maximum absolute atomic E-state index is 5.06. The van der Waals surface area contributed by atoms with Gasteiger partial charge in [0.05, 0.1) is 7.11 Å². The molecule has 1 heterocycles. The zero-order chi connectivity index (χ0) is 15.1. The summed E-state index contributed by atoms with van der Waals surface area (Å²) in [7, 11) is 1.63. The van der Waals surface area contributed by atoms with Crippen LogP contribution in [-0.4, -0.2) is 12.1 Å². The highest BCUT2D eigenvalue weighted by atomic mass is 16.5. The van der Waals surface area contributed by atoms with Gasteiger partial charge in [0.25, 0.3) is 0 Å². The third kappa shape index (κ3) is 4.57. The Bertz CT molecular complexity index is 534. The quantitative estimate of drug-likeness (QED) is 0.837. The Balaban J connectivity index is 1.89. The van der Waals surface area contributed by atoms with E-state index in [-0.39, 0.29) is 0 Å². The standard InChI is InChI=1S/C18H24N2O/c1-4-5-15-6-9-17(10-7-15)14(2)19-12-16-8-11-18(21-3)20-13-16/h6-11,13-14,19H,4-5,12H2,1-3H3. The third-order valence-electron chi connectivity index (χ3n) is 3.64. The van der Waals surface area contributed by atoms with E-state index in [1.165, 1.54) is 17.5 Å². The fourth-order valence-corrected chi connectivity index (χ4v) is 2.29. The number of aryl methyl sites for hydroxylation is 1. The summed E-state index contributed by atoms with van der Waals surface area (Å²) in [4.78, 5) is 4.22. The minimum absolute atomic E-state index is 0.322. The molecule has 2 rings (SSSR count). The molecule has 0 aliphatic rings. The lowest BCUT2D eigenvalue weighted by atomic mass is 10.0. The Kier molecular flexibility index (Phi) is 5.76. The Labute approximate surface area is 127 Å². The molecule has 0 bridgehead atoms. The van der Waals surface area contributed by atoms with E-state index in [4.69, 9.17) is 4.74 Å². The van der Waals surface area contributed by atoms with E-state index in [1.54, 1.807) is 7.11 Å². The predicted octanol–water partition coefficient (Wildman–Crippen LogP) is 3.89. The van der Waals surface area contributed by atoms with Crippen molar-refractivity contribution < 1.29 is 4.74 Å². The first-order valence-electron chi connectivity index (χ1n) is 7.54. The van der Waals surface area contributed by atoms with Crippen LogP contribution in [0.1, 0.15) is 43.0 Å². The summed E-state index contributed by atoms with van der Waals surface area (Å²) in [5.74, 6) is 0.651. The van der Waals surface area contributed by atoms with Crippen molar-refractivity contribution in [3.05, 3.63) is 59.3 Å². The normalized spacial score (nSPS) is 12.1. The van der Waals surface area contributed by atoms with Gasteiger partial charge in [0.1, 0.15) is 0 Å². The fraction of sp³-hybridized carbons (Fsp3) is 0.389. The van der Waals surface area contributed by atoms with Crippen molar-refractivity contribution in [2.45, 2.75) is 39.3 Å². The lowest BCUT2D eigenvalue weighted by Crippen LogP contribution is -2.18. The van der Waals surface area contributed by atoms with Gasteiger partial charge in [-0.1, -0.05) is 43.7 Å². The molecule has 0 aliphatic heterocycles. The van der Waals surface area contributed by atoms with E-state index in [1.807, 2.05) is 18.3 Å². The van der Waals surface area contributed by atoms with Crippen molar-refractivity contribution in [3.63, 3.8) is 0 Å². The van der Waals surface area contributed by atoms with Crippen LogP contribution in [0.3, 0.4) is 0 Å². The van der Waals surface area contributed by atoms with Crippen LogP contribution in [-0.2, 0) is 13.0 Å². The van der Waals surface area contributed by atoms with Gasteiger partial charge in [0, 0.05) is 24.8 Å². The van der Waals surface area contributed by atoms with Crippen molar-refractivity contribution in [2.24, 2.45) is 0 Å². The maximum atomic E-state index is 5.06. The Morgan fingerprint density at radius 3 is 2.38 bits per heavy atom. The molecular weight excluding hydrogens is 260 g/mol. The van der Waals surface area contributed by atoms with Gasteiger partial charge in [0.15, 0.2) is 0 Å². The summed E-state index contributed by atoms with van der Waals surface area (Å²) < 4.78 is 5.06. The van der Waals surface area contributed by atoms with Crippen LogP contribution in [0.25, 0.3) is 0 Å². The number of nitrogens with zero attached hydrogens (tertiary/aromatic N) is 1. The van der Waals surface area contributed by atoms with E-state index >= 15 is 0 Å². The van der Waals surface area contributed by atoms with Gasteiger partial charge < -0.3 is 10.1 Å². The smallest absolute Gasteiger partial charge is 0.212 e. The molecule has 0 saturated heterocycles. The lowest BCUT2D eigenvalue weighted by molar-refractivity contribution is 0.397. The molecule has 1 aromatic heterocycles. The first kappa shape index (κ1) is 15.5. The highest BCUT2D eigenvalue weighted by Gasteiger charge is 2.05. The highest BCUT2D eigenvalue weighted by molar-refractivity contribution is 5.25. The molecule has 21 heavy (non-hydrogen) atoms. The molecule has 0 amide bonds. The average Bonchev–Trinajstić information content (AvgIpc) is 2.54. The number of benzene rings is 1. The van der Waals surface area contributed by atoms with Gasteiger partial charge in [-0.15, -0.1) is 0 Å². The monoisotopic (exact) mass is 284 g/mol. The Morgan fingerprint density at radius 1 is 1.10 bits per heavy atom. The molecule has 0 aliphatic carbocycles. The Morgan fingerprint density at radius 2 is 1.81 bits per heavy atom. The second kappa shape index (κ2) is 7.79. The van der Waals surface area contributed by atoms with E-state index in [2.05, 4.69) is 48.4 Å². The molecule has 1 unspecified atom stereocenters. The van der Waals surface area contributed by atoms with Crippen molar-refractivity contribution in [1.82, 2.24) is 10.3 Å². The number of hydrogen-bond acceptors (Lipinski definition) is 3. The van der Waals surface area contributed by atoms with E-state index in [0.29, 0.717) is 11.9 Å².